The molecule has 0 unspecified atom stereocenters. The molecule has 0 rings (SSSR count). The Morgan fingerprint density at radius 1 is 1.20 bits per heavy atom. The first-order valence-corrected chi connectivity index (χ1v) is 3.61. The van der Waals surface area contributed by atoms with E-state index in [2.05, 4.69) is 0 Å². The molecule has 0 saturated carbocycles. The van der Waals surface area contributed by atoms with Crippen LogP contribution in [0.5, 0.6) is 0 Å². The molecule has 1 atom stereocenters. The van der Waals surface area contributed by atoms with Crippen LogP contribution >= 0.6 is 0 Å². The van der Waals surface area contributed by atoms with E-state index in [1.54, 1.807) is 0 Å². The molecule has 1 amide bonds. The zero-order valence-electron chi connectivity index (χ0n) is 9.03. The van der Waals surface area contributed by atoms with E-state index in [4.69, 9.17) is 0 Å². The fraction of sp³-hybridized carbons (Fsp3) is 0.571. The van der Waals surface area contributed by atoms with Crippen LogP contribution in [-0.4, -0.2) is 23.9 Å². The van der Waals surface area contributed by atoms with E-state index in [1.807, 2.05) is 5.32 Å². The van der Waals surface area contributed by atoms with Crippen LogP contribution in [0.25, 0.3) is 0 Å². The summed E-state index contributed by atoms with van der Waals surface area (Å²) >= 11 is 0. The molecule has 0 aromatic heterocycles. The van der Waals surface area contributed by atoms with Crippen LogP contribution in [0, 0.1) is 0 Å². The Bertz CT molecular complexity index is 233. The number of amides is 1. The van der Waals surface area contributed by atoms with Crippen LogP contribution in [0.15, 0.2) is 0 Å². The molecule has 0 spiro atoms. The van der Waals surface area contributed by atoms with Gasteiger partial charge in [-0.05, 0) is 12.8 Å². The number of carboxylic acid groups (broad SMARTS) is 2. The van der Waals surface area contributed by atoms with Crippen LogP contribution < -0.4 is 74.6 Å². The minimum atomic E-state index is -1.50. The number of carbonyl (C=O) groups excluding carboxylic acids is 3. The second-order valence-electron chi connectivity index (χ2n) is 2.48. The topological polar surface area (TPSA) is 109 Å². The smallest absolute Gasteiger partial charge is 0.550 e. The van der Waals surface area contributed by atoms with Gasteiger partial charge >= 0.3 is 59.1 Å². The standard InChI is InChI=1S/C7H11NO5.2Na/c1-4(9)8-5(7(12)13)2-3-6(10)11;;/h5H,2-3H2,1H3,(H,8,9)(H,10,11)(H,12,13);;/q;2*+1/p-2/t5-;;/m0../s1. The zero-order valence-corrected chi connectivity index (χ0v) is 13.0. The number of aliphatic carboxylic acids is 2. The van der Waals surface area contributed by atoms with Crippen molar-refractivity contribution >= 4 is 17.8 Å². The Labute approximate surface area is 131 Å². The second kappa shape index (κ2) is 10.9. The number of carboxylic acids is 2. The van der Waals surface area contributed by atoms with E-state index in [9.17, 15) is 24.6 Å². The summed E-state index contributed by atoms with van der Waals surface area (Å²) < 4.78 is 0. The predicted molar refractivity (Wildman–Crippen MR) is 36.9 cm³/mol. The van der Waals surface area contributed by atoms with Crippen LogP contribution in [0.2, 0.25) is 0 Å². The molecule has 15 heavy (non-hydrogen) atoms. The van der Waals surface area contributed by atoms with Gasteiger partial charge in [-0.2, -0.15) is 0 Å². The molecule has 0 aliphatic rings. The SMILES string of the molecule is CC(=O)N[C@@H](CCC(=O)[O-])C(=O)[O-].[Na+].[Na+]. The maximum atomic E-state index is 10.4. The Hall–Kier alpha value is 0.410. The molecule has 0 aromatic carbocycles. The Morgan fingerprint density at radius 3 is 1.93 bits per heavy atom. The van der Waals surface area contributed by atoms with Crippen molar-refractivity contribution < 1.29 is 83.7 Å². The number of nitrogens with one attached hydrogen (secondary N) is 1. The first-order valence-electron chi connectivity index (χ1n) is 3.61. The molecule has 0 aliphatic heterocycles. The van der Waals surface area contributed by atoms with Crippen molar-refractivity contribution in [2.45, 2.75) is 25.8 Å². The molecule has 0 fully saturated rings. The summed E-state index contributed by atoms with van der Waals surface area (Å²) in [5.74, 6) is -3.42. The molecule has 74 valence electrons. The quantitative estimate of drug-likeness (QED) is 0.474. The molecule has 1 N–H and O–H groups in total. The van der Waals surface area contributed by atoms with E-state index in [0.717, 1.165) is 6.92 Å². The van der Waals surface area contributed by atoms with Crippen molar-refractivity contribution in [3.63, 3.8) is 0 Å². The molecule has 0 bridgehead atoms. The average molecular weight is 233 g/mol. The molecule has 0 aromatic rings. The summed E-state index contributed by atoms with van der Waals surface area (Å²) in [6.45, 7) is 1.13. The van der Waals surface area contributed by atoms with Gasteiger partial charge in [0, 0.05) is 12.9 Å². The first kappa shape index (κ1) is 20.8. The molecule has 8 heteroatoms. The molecule has 0 heterocycles. The summed E-state index contributed by atoms with van der Waals surface area (Å²) in [6, 6.07) is -1.27. The van der Waals surface area contributed by atoms with E-state index in [1.165, 1.54) is 0 Å². The number of rotatable bonds is 5. The van der Waals surface area contributed by atoms with Crippen molar-refractivity contribution in [2.75, 3.05) is 0 Å². The molecule has 0 saturated heterocycles. The fourth-order valence-electron chi connectivity index (χ4n) is 0.756. The Morgan fingerprint density at radius 2 is 1.67 bits per heavy atom. The Kier molecular flexibility index (Phi) is 15.1. The summed E-state index contributed by atoms with van der Waals surface area (Å²) in [6.07, 6.45) is -0.664. The third-order valence-corrected chi connectivity index (χ3v) is 1.30. The van der Waals surface area contributed by atoms with E-state index in [-0.39, 0.29) is 65.5 Å². The number of carbonyl (C=O) groups is 3. The summed E-state index contributed by atoms with van der Waals surface area (Å²) in [5, 5.41) is 22.3. The summed E-state index contributed by atoms with van der Waals surface area (Å²) in [7, 11) is 0. The largest absolute Gasteiger partial charge is 1.00 e. The predicted octanol–water partition coefficient (Wildman–Crippen LogP) is -9.22. The van der Waals surface area contributed by atoms with Gasteiger partial charge in [0.15, 0.2) is 0 Å². The van der Waals surface area contributed by atoms with Crippen LogP contribution in [0.1, 0.15) is 19.8 Å². The summed E-state index contributed by atoms with van der Waals surface area (Å²) in [5.41, 5.74) is 0. The molecule has 6 nitrogen and oxygen atoms in total. The fourth-order valence-corrected chi connectivity index (χ4v) is 0.756. The van der Waals surface area contributed by atoms with Crippen molar-refractivity contribution in [3.8, 4) is 0 Å². The van der Waals surface area contributed by atoms with Crippen molar-refractivity contribution in [1.29, 1.82) is 0 Å². The van der Waals surface area contributed by atoms with Gasteiger partial charge in [0.25, 0.3) is 0 Å². The first-order chi connectivity index (χ1) is 5.93. The third-order valence-electron chi connectivity index (χ3n) is 1.30. The maximum Gasteiger partial charge on any atom is 1.00 e. The number of hydrogen-bond donors (Lipinski definition) is 1. The monoisotopic (exact) mass is 233 g/mol. The van der Waals surface area contributed by atoms with E-state index >= 15 is 0 Å². The van der Waals surface area contributed by atoms with E-state index in [0.29, 0.717) is 0 Å². The van der Waals surface area contributed by atoms with Crippen molar-refractivity contribution in [3.05, 3.63) is 0 Å². The van der Waals surface area contributed by atoms with Crippen molar-refractivity contribution in [1.82, 2.24) is 5.32 Å². The minimum absolute atomic E-state index is 0. The van der Waals surface area contributed by atoms with Gasteiger partial charge in [-0.25, -0.2) is 0 Å². The van der Waals surface area contributed by atoms with Gasteiger partial charge in [0.05, 0.1) is 12.0 Å². The normalized spacial score (nSPS) is 10.2. The van der Waals surface area contributed by atoms with Gasteiger partial charge in [0.1, 0.15) is 0 Å². The van der Waals surface area contributed by atoms with Crippen LogP contribution in [0.4, 0.5) is 0 Å². The van der Waals surface area contributed by atoms with Gasteiger partial charge < -0.3 is 25.1 Å². The average Bonchev–Trinajstić information content (AvgIpc) is 1.96. The molecular weight excluding hydrogens is 224 g/mol. The summed E-state index contributed by atoms with van der Waals surface area (Å²) in [4.78, 5) is 30.7. The number of hydrogen-bond acceptors (Lipinski definition) is 5. The van der Waals surface area contributed by atoms with E-state index < -0.39 is 30.3 Å². The van der Waals surface area contributed by atoms with Gasteiger partial charge in [0.2, 0.25) is 5.91 Å². The molecule has 0 aliphatic carbocycles. The van der Waals surface area contributed by atoms with Gasteiger partial charge in [-0.3, -0.25) is 4.79 Å². The van der Waals surface area contributed by atoms with Gasteiger partial charge in [-0.1, -0.05) is 0 Å². The van der Waals surface area contributed by atoms with Crippen molar-refractivity contribution in [2.24, 2.45) is 0 Å². The van der Waals surface area contributed by atoms with Gasteiger partial charge in [-0.15, -0.1) is 0 Å². The molecular formula is C7H9NNa2O5. The zero-order chi connectivity index (χ0) is 10.4. The Balaban J connectivity index is -0.000000720. The minimum Gasteiger partial charge on any atom is -0.550 e. The van der Waals surface area contributed by atoms with Crippen LogP contribution in [-0.2, 0) is 14.4 Å². The second-order valence-corrected chi connectivity index (χ2v) is 2.48. The maximum absolute atomic E-state index is 10.4. The van der Waals surface area contributed by atoms with Crippen LogP contribution in [0.3, 0.4) is 0 Å². The third kappa shape index (κ3) is 12.3. The molecule has 0 radical (unpaired) electrons.